The van der Waals surface area contributed by atoms with Crippen molar-refractivity contribution in [1.29, 1.82) is 0 Å². The van der Waals surface area contributed by atoms with Gasteiger partial charge in [0.25, 0.3) is 0 Å². The molecule has 0 unspecified atom stereocenters. The second kappa shape index (κ2) is 5.66. The van der Waals surface area contributed by atoms with Gasteiger partial charge < -0.3 is 5.32 Å². The van der Waals surface area contributed by atoms with Gasteiger partial charge in [-0.25, -0.2) is 4.68 Å². The van der Waals surface area contributed by atoms with Crippen LogP contribution in [0.25, 0.3) is 5.69 Å². The predicted octanol–water partition coefficient (Wildman–Crippen LogP) is 3.31. The molecule has 0 radical (unpaired) electrons. The third-order valence-corrected chi connectivity index (χ3v) is 3.04. The summed E-state index contributed by atoms with van der Waals surface area (Å²) in [5, 5.41) is 6.78. The van der Waals surface area contributed by atoms with Crippen molar-refractivity contribution in [3.05, 3.63) is 47.3 Å². The SMILES string of the molecule is CCNCc1ccc(-n2ccc(C(F)(F)F)n2)cc1C. The van der Waals surface area contributed by atoms with E-state index in [4.69, 9.17) is 0 Å². The second-order valence-electron chi connectivity index (χ2n) is 4.53. The van der Waals surface area contributed by atoms with E-state index in [0.717, 1.165) is 30.3 Å². The van der Waals surface area contributed by atoms with Gasteiger partial charge in [-0.2, -0.15) is 18.3 Å². The standard InChI is InChI=1S/C14H16F3N3/c1-3-18-9-11-4-5-12(8-10(11)2)20-7-6-13(19-20)14(15,16)17/h4-8,18H,3,9H2,1-2H3. The van der Waals surface area contributed by atoms with Gasteiger partial charge in [0.15, 0.2) is 5.69 Å². The third-order valence-electron chi connectivity index (χ3n) is 3.04. The van der Waals surface area contributed by atoms with Crippen molar-refractivity contribution in [2.45, 2.75) is 26.6 Å². The summed E-state index contributed by atoms with van der Waals surface area (Å²) in [6.45, 7) is 5.57. The summed E-state index contributed by atoms with van der Waals surface area (Å²) in [5.41, 5.74) is 1.89. The van der Waals surface area contributed by atoms with Crippen LogP contribution in [0.15, 0.2) is 30.5 Å². The number of nitrogens with one attached hydrogen (secondary N) is 1. The number of hydrogen-bond donors (Lipinski definition) is 1. The van der Waals surface area contributed by atoms with E-state index in [1.807, 2.05) is 26.0 Å². The highest BCUT2D eigenvalue weighted by Gasteiger charge is 2.33. The Balaban J connectivity index is 2.25. The van der Waals surface area contributed by atoms with E-state index in [9.17, 15) is 13.2 Å². The molecule has 6 heteroatoms. The van der Waals surface area contributed by atoms with Crippen LogP contribution in [-0.2, 0) is 12.7 Å². The first kappa shape index (κ1) is 14.6. The van der Waals surface area contributed by atoms with Gasteiger partial charge >= 0.3 is 6.18 Å². The summed E-state index contributed by atoms with van der Waals surface area (Å²) < 4.78 is 38.8. The van der Waals surface area contributed by atoms with Gasteiger partial charge in [-0.1, -0.05) is 13.0 Å². The smallest absolute Gasteiger partial charge is 0.313 e. The molecule has 0 aliphatic rings. The fraction of sp³-hybridized carbons (Fsp3) is 0.357. The van der Waals surface area contributed by atoms with Crippen LogP contribution in [0, 0.1) is 6.92 Å². The molecule has 1 aromatic heterocycles. The highest BCUT2D eigenvalue weighted by Crippen LogP contribution is 2.28. The molecule has 1 N–H and O–H groups in total. The summed E-state index contributed by atoms with van der Waals surface area (Å²) in [7, 11) is 0. The topological polar surface area (TPSA) is 29.9 Å². The minimum atomic E-state index is -4.41. The Morgan fingerprint density at radius 1 is 1.25 bits per heavy atom. The lowest BCUT2D eigenvalue weighted by Gasteiger charge is -2.09. The van der Waals surface area contributed by atoms with Gasteiger partial charge in [-0.05, 0) is 42.8 Å². The van der Waals surface area contributed by atoms with Gasteiger partial charge in [0.05, 0.1) is 5.69 Å². The fourth-order valence-corrected chi connectivity index (χ4v) is 1.90. The first-order chi connectivity index (χ1) is 9.41. The molecule has 0 saturated carbocycles. The molecule has 1 heterocycles. The number of benzene rings is 1. The van der Waals surface area contributed by atoms with E-state index in [-0.39, 0.29) is 0 Å². The van der Waals surface area contributed by atoms with Crippen LogP contribution in [-0.4, -0.2) is 16.3 Å². The highest BCUT2D eigenvalue weighted by atomic mass is 19.4. The average molecular weight is 283 g/mol. The van der Waals surface area contributed by atoms with Crippen molar-refractivity contribution >= 4 is 0 Å². The maximum Gasteiger partial charge on any atom is 0.435 e. The lowest BCUT2D eigenvalue weighted by molar-refractivity contribution is -0.141. The number of rotatable bonds is 4. The normalized spacial score (nSPS) is 11.8. The number of alkyl halides is 3. The molecule has 0 bridgehead atoms. The van der Waals surface area contributed by atoms with Gasteiger partial charge in [-0.3, -0.25) is 0 Å². The monoisotopic (exact) mass is 283 g/mol. The van der Waals surface area contributed by atoms with E-state index < -0.39 is 11.9 Å². The van der Waals surface area contributed by atoms with Crippen LogP contribution >= 0.6 is 0 Å². The van der Waals surface area contributed by atoms with Crippen LogP contribution in [0.5, 0.6) is 0 Å². The van der Waals surface area contributed by atoms with Crippen LogP contribution in [0.4, 0.5) is 13.2 Å². The van der Waals surface area contributed by atoms with E-state index in [1.165, 1.54) is 10.9 Å². The van der Waals surface area contributed by atoms with Crippen LogP contribution in [0.2, 0.25) is 0 Å². The van der Waals surface area contributed by atoms with E-state index >= 15 is 0 Å². The highest BCUT2D eigenvalue weighted by molar-refractivity contribution is 5.39. The third kappa shape index (κ3) is 3.19. The minimum Gasteiger partial charge on any atom is -0.313 e. The molecule has 0 fully saturated rings. The number of aromatic nitrogens is 2. The van der Waals surface area contributed by atoms with Crippen LogP contribution < -0.4 is 5.32 Å². The van der Waals surface area contributed by atoms with E-state index in [1.54, 1.807) is 6.07 Å². The van der Waals surface area contributed by atoms with Gasteiger partial charge in [0.2, 0.25) is 0 Å². The summed E-state index contributed by atoms with van der Waals surface area (Å²) in [6.07, 6.45) is -3.09. The van der Waals surface area contributed by atoms with E-state index in [0.29, 0.717) is 5.69 Å². The molecule has 0 saturated heterocycles. The zero-order chi connectivity index (χ0) is 14.8. The minimum absolute atomic E-state index is 0.623. The largest absolute Gasteiger partial charge is 0.435 e. The molecular formula is C14H16F3N3. The van der Waals surface area contributed by atoms with Gasteiger partial charge in [0.1, 0.15) is 0 Å². The molecule has 2 rings (SSSR count). The Morgan fingerprint density at radius 3 is 2.55 bits per heavy atom. The predicted molar refractivity (Wildman–Crippen MR) is 70.7 cm³/mol. The maximum absolute atomic E-state index is 12.5. The van der Waals surface area contributed by atoms with Crippen molar-refractivity contribution in [3.63, 3.8) is 0 Å². The van der Waals surface area contributed by atoms with Crippen molar-refractivity contribution in [2.24, 2.45) is 0 Å². The van der Waals surface area contributed by atoms with Crippen LogP contribution in [0.3, 0.4) is 0 Å². The number of nitrogens with zero attached hydrogens (tertiary/aromatic N) is 2. The molecule has 0 spiro atoms. The molecule has 0 aliphatic heterocycles. The van der Waals surface area contributed by atoms with Gasteiger partial charge in [-0.15, -0.1) is 0 Å². The Kier molecular flexibility index (Phi) is 4.13. The molecule has 108 valence electrons. The molecule has 0 amide bonds. The molecule has 2 aromatic rings. The lowest BCUT2D eigenvalue weighted by atomic mass is 10.1. The summed E-state index contributed by atoms with van der Waals surface area (Å²) >= 11 is 0. The Labute approximate surface area is 115 Å². The van der Waals surface area contributed by atoms with Crippen molar-refractivity contribution in [1.82, 2.24) is 15.1 Å². The van der Waals surface area contributed by atoms with E-state index in [2.05, 4.69) is 10.4 Å². The van der Waals surface area contributed by atoms with Crippen molar-refractivity contribution < 1.29 is 13.2 Å². The number of aryl methyl sites for hydroxylation is 1. The molecule has 3 nitrogen and oxygen atoms in total. The summed E-state index contributed by atoms with van der Waals surface area (Å²) in [6, 6.07) is 6.48. The fourth-order valence-electron chi connectivity index (χ4n) is 1.90. The maximum atomic E-state index is 12.5. The van der Waals surface area contributed by atoms with Crippen molar-refractivity contribution in [2.75, 3.05) is 6.54 Å². The molecular weight excluding hydrogens is 267 g/mol. The molecule has 0 atom stereocenters. The first-order valence-corrected chi connectivity index (χ1v) is 6.35. The zero-order valence-corrected chi connectivity index (χ0v) is 11.3. The molecule has 20 heavy (non-hydrogen) atoms. The zero-order valence-electron chi connectivity index (χ0n) is 11.3. The van der Waals surface area contributed by atoms with Gasteiger partial charge in [0, 0.05) is 12.7 Å². The molecule has 0 aliphatic carbocycles. The lowest BCUT2D eigenvalue weighted by Crippen LogP contribution is -2.13. The number of hydrogen-bond acceptors (Lipinski definition) is 2. The Morgan fingerprint density at radius 2 is 2.00 bits per heavy atom. The quantitative estimate of drug-likeness (QED) is 0.933. The molecule has 1 aromatic carbocycles. The average Bonchev–Trinajstić information content (AvgIpc) is 2.86. The second-order valence-corrected chi connectivity index (χ2v) is 4.53. The Hall–Kier alpha value is -1.82. The summed E-state index contributed by atoms with van der Waals surface area (Å²) in [5.74, 6) is 0. The Bertz CT molecular complexity index is 588. The first-order valence-electron chi connectivity index (χ1n) is 6.35. The summed E-state index contributed by atoms with van der Waals surface area (Å²) in [4.78, 5) is 0. The van der Waals surface area contributed by atoms with Crippen molar-refractivity contribution in [3.8, 4) is 5.69 Å². The number of halogens is 3. The van der Waals surface area contributed by atoms with Crippen LogP contribution in [0.1, 0.15) is 23.7 Å².